The van der Waals surface area contributed by atoms with E-state index >= 15 is 0 Å². The van der Waals surface area contributed by atoms with Crippen LogP contribution >= 0.6 is 0 Å². The molecule has 0 aliphatic heterocycles. The molecule has 1 aromatic rings. The third-order valence-electron chi connectivity index (χ3n) is 1.10. The zero-order valence-corrected chi connectivity index (χ0v) is 5.86. The van der Waals surface area contributed by atoms with Crippen molar-refractivity contribution in [3.05, 3.63) is 43.0 Å². The van der Waals surface area contributed by atoms with Gasteiger partial charge >= 0.3 is 5.97 Å². The van der Waals surface area contributed by atoms with Crippen LogP contribution in [0.15, 0.2) is 36.4 Å². The third-order valence-corrected chi connectivity index (χ3v) is 1.10. The second-order valence-electron chi connectivity index (χ2n) is 1.90. The normalized spacial score (nSPS) is 8.73. The molecule has 1 radical (unpaired) electrons. The highest BCUT2D eigenvalue weighted by Gasteiger charge is 1.95. The van der Waals surface area contributed by atoms with Gasteiger partial charge in [-0.05, 0) is 12.1 Å². The first kappa shape index (κ1) is 7.54. The molecular weight excluding hydrogens is 140 g/mol. The van der Waals surface area contributed by atoms with Gasteiger partial charge in [-0.3, -0.25) is 0 Å². The molecule has 0 aromatic heterocycles. The molecule has 0 heterocycles. The van der Waals surface area contributed by atoms with Crippen LogP contribution in [-0.2, 0) is 4.79 Å². The first-order valence-corrected chi connectivity index (χ1v) is 3.15. The average molecular weight is 147 g/mol. The van der Waals surface area contributed by atoms with Crippen molar-refractivity contribution in [2.24, 2.45) is 0 Å². The van der Waals surface area contributed by atoms with Gasteiger partial charge in [0.1, 0.15) is 5.75 Å². The summed E-state index contributed by atoms with van der Waals surface area (Å²) in [6, 6.07) is 8.75. The van der Waals surface area contributed by atoms with E-state index in [4.69, 9.17) is 11.3 Å². The topological polar surface area (TPSA) is 26.3 Å². The predicted octanol–water partition coefficient (Wildman–Crippen LogP) is 1.58. The van der Waals surface area contributed by atoms with Crippen LogP contribution in [0.5, 0.6) is 5.75 Å². The number of benzene rings is 1. The van der Waals surface area contributed by atoms with Crippen LogP contribution in [0.3, 0.4) is 0 Å². The minimum absolute atomic E-state index is 0.499. The molecule has 55 valence electrons. The molecule has 0 saturated heterocycles. The fraction of sp³-hybridized carbons (Fsp3) is 0. The Morgan fingerprint density at radius 1 is 1.36 bits per heavy atom. The number of hydrogen-bond donors (Lipinski definition) is 0. The van der Waals surface area contributed by atoms with Crippen LogP contribution in [0.1, 0.15) is 0 Å². The van der Waals surface area contributed by atoms with Crippen LogP contribution in [0.2, 0.25) is 0 Å². The Hall–Kier alpha value is -1.57. The molecule has 1 rings (SSSR count). The standard InChI is InChI=1S/C9H7O2/c1-2-9(10)11-8-6-4-3-5-7-8/h1-7H. The van der Waals surface area contributed by atoms with Crippen LogP contribution < -0.4 is 4.74 Å². The van der Waals surface area contributed by atoms with Crippen molar-refractivity contribution >= 4 is 5.97 Å². The summed E-state index contributed by atoms with van der Waals surface area (Å²) < 4.78 is 4.74. The van der Waals surface area contributed by atoms with Gasteiger partial charge < -0.3 is 4.74 Å². The zero-order chi connectivity index (χ0) is 8.10. The quantitative estimate of drug-likeness (QED) is 0.360. The average Bonchev–Trinajstić information content (AvgIpc) is 2.06. The summed E-state index contributed by atoms with van der Waals surface area (Å²) in [6.45, 7) is 4.92. The molecule has 1 aromatic carbocycles. The molecule has 0 fully saturated rings. The van der Waals surface area contributed by atoms with Gasteiger partial charge in [-0.25, -0.2) is 4.79 Å². The Bertz CT molecular complexity index is 252. The maximum Gasteiger partial charge on any atom is 0.336 e. The van der Waals surface area contributed by atoms with E-state index in [1.165, 1.54) is 0 Å². The lowest BCUT2D eigenvalue weighted by molar-refractivity contribution is -0.128. The number of rotatable bonds is 2. The molecule has 0 amide bonds. The predicted molar refractivity (Wildman–Crippen MR) is 40.9 cm³/mol. The second-order valence-corrected chi connectivity index (χ2v) is 1.90. The lowest BCUT2D eigenvalue weighted by Gasteiger charge is -1.97. The molecule has 0 aliphatic rings. The van der Waals surface area contributed by atoms with Gasteiger partial charge in [0.15, 0.2) is 0 Å². The van der Waals surface area contributed by atoms with E-state index in [1.54, 1.807) is 24.3 Å². The molecular formula is C9H7O2. The monoisotopic (exact) mass is 147 g/mol. The van der Waals surface area contributed by atoms with E-state index < -0.39 is 5.97 Å². The number of para-hydroxylation sites is 1. The van der Waals surface area contributed by atoms with Crippen LogP contribution in [0.4, 0.5) is 0 Å². The van der Waals surface area contributed by atoms with Gasteiger partial charge in [0.2, 0.25) is 0 Å². The molecule has 0 N–H and O–H groups in total. The maximum absolute atomic E-state index is 10.6. The van der Waals surface area contributed by atoms with Crippen molar-refractivity contribution in [1.29, 1.82) is 0 Å². The fourth-order valence-corrected chi connectivity index (χ4v) is 0.639. The van der Waals surface area contributed by atoms with Gasteiger partial charge in [0, 0.05) is 6.08 Å². The SMILES string of the molecule is [CH]=CC(=O)Oc1ccccc1. The van der Waals surface area contributed by atoms with Gasteiger partial charge in [0.25, 0.3) is 0 Å². The Morgan fingerprint density at radius 2 is 2.00 bits per heavy atom. The van der Waals surface area contributed by atoms with Crippen molar-refractivity contribution in [3.63, 3.8) is 0 Å². The van der Waals surface area contributed by atoms with E-state index in [0.717, 1.165) is 6.08 Å². The lowest BCUT2D eigenvalue weighted by atomic mass is 10.3. The van der Waals surface area contributed by atoms with Crippen LogP contribution in [0, 0.1) is 6.58 Å². The zero-order valence-electron chi connectivity index (χ0n) is 5.86. The number of carbonyl (C=O) groups is 1. The molecule has 0 bridgehead atoms. The van der Waals surface area contributed by atoms with Crippen LogP contribution in [-0.4, -0.2) is 5.97 Å². The molecule has 0 saturated carbocycles. The lowest BCUT2D eigenvalue weighted by Crippen LogP contribution is -2.02. The van der Waals surface area contributed by atoms with Crippen molar-refractivity contribution < 1.29 is 9.53 Å². The summed E-state index contributed by atoms with van der Waals surface area (Å²) >= 11 is 0. The number of ether oxygens (including phenoxy) is 1. The molecule has 0 aliphatic carbocycles. The van der Waals surface area contributed by atoms with Gasteiger partial charge in [-0.2, -0.15) is 0 Å². The molecule has 0 atom stereocenters. The summed E-state index contributed by atoms with van der Waals surface area (Å²) in [5.74, 6) is -0.0459. The second kappa shape index (κ2) is 3.56. The van der Waals surface area contributed by atoms with Crippen molar-refractivity contribution in [1.82, 2.24) is 0 Å². The smallest absolute Gasteiger partial charge is 0.336 e. The van der Waals surface area contributed by atoms with Crippen molar-refractivity contribution in [2.75, 3.05) is 0 Å². The minimum atomic E-state index is -0.545. The first-order chi connectivity index (χ1) is 5.33. The van der Waals surface area contributed by atoms with Crippen LogP contribution in [0.25, 0.3) is 0 Å². The summed E-state index contributed by atoms with van der Waals surface area (Å²) in [5, 5.41) is 0. The third kappa shape index (κ3) is 2.26. The van der Waals surface area contributed by atoms with E-state index in [9.17, 15) is 4.79 Å². The summed E-state index contributed by atoms with van der Waals surface area (Å²) in [5.41, 5.74) is 0. The Kier molecular flexibility index (Phi) is 2.44. The highest BCUT2D eigenvalue weighted by atomic mass is 16.5. The Morgan fingerprint density at radius 3 is 2.55 bits per heavy atom. The Labute approximate surface area is 65.1 Å². The minimum Gasteiger partial charge on any atom is -0.423 e. The van der Waals surface area contributed by atoms with Gasteiger partial charge in [-0.15, -0.1) is 0 Å². The van der Waals surface area contributed by atoms with E-state index in [0.29, 0.717) is 5.75 Å². The van der Waals surface area contributed by atoms with Crippen molar-refractivity contribution in [3.8, 4) is 5.75 Å². The fourth-order valence-electron chi connectivity index (χ4n) is 0.639. The van der Waals surface area contributed by atoms with Crippen molar-refractivity contribution in [2.45, 2.75) is 0 Å². The van der Waals surface area contributed by atoms with E-state index in [2.05, 4.69) is 0 Å². The molecule has 0 unspecified atom stereocenters. The maximum atomic E-state index is 10.6. The largest absolute Gasteiger partial charge is 0.423 e. The van der Waals surface area contributed by atoms with Gasteiger partial charge in [0.05, 0.1) is 0 Å². The summed E-state index contributed by atoms with van der Waals surface area (Å²) in [7, 11) is 0. The molecule has 0 spiro atoms. The van der Waals surface area contributed by atoms with E-state index in [1.807, 2.05) is 6.07 Å². The summed E-state index contributed by atoms with van der Waals surface area (Å²) in [6.07, 6.45) is 0.882. The first-order valence-electron chi connectivity index (χ1n) is 3.15. The molecule has 11 heavy (non-hydrogen) atoms. The Balaban J connectivity index is 2.65. The molecule has 2 nitrogen and oxygen atoms in total. The number of carbonyl (C=O) groups excluding carboxylic acids is 1. The summed E-state index contributed by atoms with van der Waals surface area (Å²) in [4.78, 5) is 10.6. The number of esters is 1. The number of hydrogen-bond acceptors (Lipinski definition) is 2. The van der Waals surface area contributed by atoms with E-state index in [-0.39, 0.29) is 0 Å². The van der Waals surface area contributed by atoms with Gasteiger partial charge in [-0.1, -0.05) is 24.8 Å². The molecule has 2 heteroatoms. The highest BCUT2D eigenvalue weighted by Crippen LogP contribution is 2.07. The highest BCUT2D eigenvalue weighted by molar-refractivity contribution is 5.82.